The zero-order valence-corrected chi connectivity index (χ0v) is 11.6. The number of hydrogen-bond donors (Lipinski definition) is 1. The minimum absolute atomic E-state index is 0.828. The molecule has 0 aromatic rings. The normalized spacial score (nSPS) is 21.6. The van der Waals surface area contributed by atoms with Crippen molar-refractivity contribution in [3.05, 3.63) is 0 Å². The Morgan fingerprint density at radius 1 is 1.33 bits per heavy atom. The van der Waals surface area contributed by atoms with Gasteiger partial charge in [-0.15, -0.1) is 0 Å². The predicted octanol–water partition coefficient (Wildman–Crippen LogP) is 3.40. The van der Waals surface area contributed by atoms with Crippen LogP contribution in [-0.2, 0) is 0 Å². The maximum atomic E-state index is 3.56. The van der Waals surface area contributed by atoms with E-state index in [1.54, 1.807) is 0 Å². The van der Waals surface area contributed by atoms with Crippen molar-refractivity contribution in [1.29, 1.82) is 0 Å². The van der Waals surface area contributed by atoms with Crippen molar-refractivity contribution in [3.63, 3.8) is 0 Å². The molecule has 0 aromatic carbocycles. The van der Waals surface area contributed by atoms with Gasteiger partial charge in [0.1, 0.15) is 0 Å². The molecule has 0 spiro atoms. The third-order valence-electron chi connectivity index (χ3n) is 3.37. The highest BCUT2D eigenvalue weighted by molar-refractivity contribution is 7.35. The summed E-state index contributed by atoms with van der Waals surface area (Å²) < 4.78 is 2.31. The van der Waals surface area contributed by atoms with E-state index in [1.165, 1.54) is 45.1 Å². The molecule has 0 saturated heterocycles. The fourth-order valence-corrected chi connectivity index (χ4v) is 3.15. The molecule has 1 saturated carbocycles. The van der Waals surface area contributed by atoms with Crippen molar-refractivity contribution in [2.45, 2.75) is 58.0 Å². The van der Waals surface area contributed by atoms with Gasteiger partial charge in [-0.2, -0.15) is 0 Å². The van der Waals surface area contributed by atoms with E-state index in [0.717, 1.165) is 20.3 Å². The van der Waals surface area contributed by atoms with Crippen LogP contribution in [0, 0.1) is 5.92 Å². The molecule has 1 fully saturated rings. The Morgan fingerprint density at radius 2 is 2.00 bits per heavy atom. The maximum absolute atomic E-state index is 3.56. The van der Waals surface area contributed by atoms with Crippen molar-refractivity contribution in [3.8, 4) is 0 Å². The first-order valence-corrected chi connectivity index (χ1v) is 7.48. The van der Waals surface area contributed by atoms with Gasteiger partial charge in [0.05, 0.1) is 0 Å². The minimum atomic E-state index is 0.828. The molecule has 0 radical (unpaired) electrons. The van der Waals surface area contributed by atoms with Gasteiger partial charge < -0.3 is 0 Å². The molecule has 0 amide bonds. The molecule has 3 heteroatoms. The first kappa shape index (κ1) is 13.4. The number of nitrogens with zero attached hydrogens (tertiary/aromatic N) is 1. The molecule has 0 aliphatic heterocycles. The second-order valence-corrected chi connectivity index (χ2v) is 6.78. The number of hydrazine groups is 1. The Kier molecular flexibility index (Phi) is 6.79. The van der Waals surface area contributed by atoms with Crippen molar-refractivity contribution < 1.29 is 0 Å². The summed E-state index contributed by atoms with van der Waals surface area (Å²) in [6.07, 6.45) is 8.52. The van der Waals surface area contributed by atoms with Gasteiger partial charge >= 0.3 is 0 Å². The Balaban J connectivity index is 2.07. The van der Waals surface area contributed by atoms with Crippen LogP contribution in [0.1, 0.15) is 52.4 Å². The molecule has 1 N–H and O–H groups in total. The molecule has 90 valence electrons. The monoisotopic (exact) mass is 230 g/mol. The first-order valence-electron chi connectivity index (χ1n) is 6.45. The molecule has 0 heterocycles. The van der Waals surface area contributed by atoms with E-state index >= 15 is 0 Å². The van der Waals surface area contributed by atoms with Gasteiger partial charge in [-0.3, -0.25) is 5.43 Å². The van der Waals surface area contributed by atoms with Crippen molar-refractivity contribution in [2.24, 2.45) is 5.92 Å². The van der Waals surface area contributed by atoms with E-state index in [2.05, 4.69) is 31.1 Å². The highest BCUT2D eigenvalue weighted by Gasteiger charge is 2.13. The van der Waals surface area contributed by atoms with Crippen molar-refractivity contribution in [1.82, 2.24) is 10.2 Å². The lowest BCUT2D eigenvalue weighted by atomic mass is 9.89. The Labute approximate surface area is 97.0 Å². The second-order valence-electron chi connectivity index (χ2n) is 4.86. The van der Waals surface area contributed by atoms with Gasteiger partial charge in [-0.05, 0) is 39.6 Å². The highest BCUT2D eigenvalue weighted by Crippen LogP contribution is 2.25. The minimum Gasteiger partial charge on any atom is -0.252 e. The quantitative estimate of drug-likeness (QED) is 0.556. The van der Waals surface area contributed by atoms with Crippen LogP contribution in [0.15, 0.2) is 0 Å². The van der Waals surface area contributed by atoms with Gasteiger partial charge in [-0.1, -0.05) is 33.1 Å². The zero-order valence-electron chi connectivity index (χ0n) is 10.6. The summed E-state index contributed by atoms with van der Waals surface area (Å²) in [5.41, 5.74) is 4.39. The van der Waals surface area contributed by atoms with Crippen LogP contribution in [0.2, 0.25) is 0 Å². The third kappa shape index (κ3) is 5.85. The average molecular weight is 230 g/mol. The van der Waals surface area contributed by atoms with E-state index in [-0.39, 0.29) is 0 Å². The van der Waals surface area contributed by atoms with Crippen LogP contribution in [0.25, 0.3) is 0 Å². The summed E-state index contributed by atoms with van der Waals surface area (Å²) in [5, 5.41) is 0. The third-order valence-corrected chi connectivity index (χ3v) is 4.76. The predicted molar refractivity (Wildman–Crippen MR) is 70.4 cm³/mol. The number of hydrogen-bond acceptors (Lipinski definition) is 2. The standard InChI is InChI=1S/C12H27N2P/c1-4-11(2)15-14(3)13-10-12-8-6-5-7-9-12/h11-13,15H,4-10H2,1-3H3. The van der Waals surface area contributed by atoms with Crippen molar-refractivity contribution >= 4 is 8.73 Å². The van der Waals surface area contributed by atoms with Crippen LogP contribution in [-0.4, -0.2) is 24.0 Å². The first-order chi connectivity index (χ1) is 7.22. The summed E-state index contributed by atoms with van der Waals surface area (Å²) in [6.45, 7) is 5.80. The van der Waals surface area contributed by atoms with Gasteiger partial charge in [0.25, 0.3) is 0 Å². The average Bonchev–Trinajstić information content (AvgIpc) is 2.27. The second kappa shape index (κ2) is 7.60. The summed E-state index contributed by atoms with van der Waals surface area (Å²) in [6, 6.07) is 0. The van der Waals surface area contributed by atoms with Crippen LogP contribution in [0.4, 0.5) is 0 Å². The molecular formula is C12H27N2P. The number of rotatable bonds is 6. The van der Waals surface area contributed by atoms with Crippen molar-refractivity contribution in [2.75, 3.05) is 13.6 Å². The van der Waals surface area contributed by atoms with Crippen LogP contribution < -0.4 is 5.43 Å². The number of nitrogens with one attached hydrogen (secondary N) is 1. The Bertz CT molecular complexity index is 158. The SMILES string of the molecule is CCC(C)PN(C)NCC1CCCCC1. The Morgan fingerprint density at radius 3 is 2.60 bits per heavy atom. The van der Waals surface area contributed by atoms with Gasteiger partial charge in [0.2, 0.25) is 0 Å². The molecular weight excluding hydrogens is 203 g/mol. The summed E-state index contributed by atoms with van der Waals surface area (Å²) in [4.78, 5) is 0. The fourth-order valence-electron chi connectivity index (χ4n) is 2.12. The van der Waals surface area contributed by atoms with Gasteiger partial charge in [-0.25, -0.2) is 4.78 Å². The highest BCUT2D eigenvalue weighted by atomic mass is 31.1. The van der Waals surface area contributed by atoms with E-state index in [1.807, 2.05) is 0 Å². The lowest BCUT2D eigenvalue weighted by Gasteiger charge is -2.26. The molecule has 2 atom stereocenters. The van der Waals surface area contributed by atoms with E-state index in [0.29, 0.717) is 0 Å². The van der Waals surface area contributed by atoms with Gasteiger partial charge in [0.15, 0.2) is 0 Å². The zero-order chi connectivity index (χ0) is 11.1. The Hall–Kier alpha value is 0.350. The fraction of sp³-hybridized carbons (Fsp3) is 1.00. The summed E-state index contributed by atoms with van der Waals surface area (Å²) in [5.74, 6) is 0.933. The molecule has 1 rings (SSSR count). The topological polar surface area (TPSA) is 15.3 Å². The summed E-state index contributed by atoms with van der Waals surface area (Å²) >= 11 is 0. The smallest absolute Gasteiger partial charge is 0.0133 e. The van der Waals surface area contributed by atoms with E-state index < -0.39 is 0 Å². The molecule has 2 nitrogen and oxygen atoms in total. The summed E-state index contributed by atoms with van der Waals surface area (Å²) in [7, 11) is 3.11. The molecule has 2 unspecified atom stereocenters. The van der Waals surface area contributed by atoms with E-state index in [4.69, 9.17) is 0 Å². The molecule has 15 heavy (non-hydrogen) atoms. The molecule has 1 aliphatic carbocycles. The molecule has 1 aliphatic rings. The van der Waals surface area contributed by atoms with Gasteiger partial charge in [0, 0.05) is 13.6 Å². The lowest BCUT2D eigenvalue weighted by molar-refractivity contribution is 0.289. The molecule has 0 aromatic heterocycles. The molecule has 0 bridgehead atoms. The lowest BCUT2D eigenvalue weighted by Crippen LogP contribution is -2.33. The van der Waals surface area contributed by atoms with E-state index in [9.17, 15) is 0 Å². The van der Waals surface area contributed by atoms with Crippen LogP contribution in [0.3, 0.4) is 0 Å². The maximum Gasteiger partial charge on any atom is 0.0133 e. The largest absolute Gasteiger partial charge is 0.252 e. The van der Waals surface area contributed by atoms with Crippen LogP contribution in [0.5, 0.6) is 0 Å². The van der Waals surface area contributed by atoms with Crippen LogP contribution >= 0.6 is 8.73 Å².